The van der Waals surface area contributed by atoms with Gasteiger partial charge in [-0.2, -0.15) is 0 Å². The second-order valence-corrected chi connectivity index (χ2v) is 26.4. The van der Waals surface area contributed by atoms with Crippen LogP contribution in [-0.2, 0) is 80.5 Å². The summed E-state index contributed by atoms with van der Waals surface area (Å²) in [6.07, 6.45) is -90.7. The van der Waals surface area contributed by atoms with E-state index in [1.807, 2.05) is 0 Å². The van der Waals surface area contributed by atoms with Gasteiger partial charge >= 0.3 is 0 Å². The molecule has 27 N–H and O–H groups in total. The Balaban J connectivity index is 0.938. The average Bonchev–Trinajstić information content (AvgIpc) is 0.754. The minimum Gasteiger partial charge on any atom is -0.394 e. The van der Waals surface area contributed by atoms with E-state index in [9.17, 15) is 138 Å². The molecule has 23 fully saturated rings. The summed E-state index contributed by atoms with van der Waals surface area (Å²) >= 11 is 0.518. The maximum absolute atomic E-state index is 12.0. The third-order valence-electron chi connectivity index (χ3n) is 19.0. The van der Waals surface area contributed by atoms with E-state index in [0.717, 1.165) is 0 Å². The van der Waals surface area contributed by atoms with Gasteiger partial charge in [0.15, 0.2) is 50.3 Å². The Bertz CT molecular complexity index is 2460. The lowest BCUT2D eigenvalue weighted by molar-refractivity contribution is -0.396. The first-order valence-corrected chi connectivity index (χ1v) is 32.7. The van der Waals surface area contributed by atoms with Crippen molar-refractivity contribution >= 4 is 11.8 Å². The highest BCUT2D eigenvalue weighted by atomic mass is 32.2. The second-order valence-electron chi connectivity index (χ2n) is 25.3. The average molecular weight is 1480 g/mol. The van der Waals surface area contributed by atoms with E-state index in [-0.39, 0.29) is 0 Å². The molecule has 99 heavy (non-hydrogen) atoms. The molecule has 576 valence electrons. The summed E-state index contributed by atoms with van der Waals surface area (Å²) in [5, 5.41) is 300. The Morgan fingerprint density at radius 1 is 0.202 bits per heavy atom. The van der Waals surface area contributed by atoms with Gasteiger partial charge in [-0.05, 0) is 0 Å². The smallest absolute Gasteiger partial charge is 0.187 e. The van der Waals surface area contributed by atoms with Crippen LogP contribution in [0.4, 0.5) is 0 Å². The number of hydrogen-bond acceptors (Lipinski definition) is 45. The third-order valence-corrected chi connectivity index (χ3v) is 20.2. The topological polar surface area (TPSA) is 703 Å². The Labute approximate surface area is 563 Å². The molecule has 23 saturated heterocycles. The maximum atomic E-state index is 12.0. The molecule has 14 bridgehead atoms. The highest BCUT2D eigenvalue weighted by Crippen LogP contribution is 2.41. The van der Waals surface area contributed by atoms with Crippen LogP contribution in [0.15, 0.2) is 0 Å². The molecule has 0 radical (unpaired) electrons. The lowest BCUT2D eigenvalue weighted by atomic mass is 9.95. The Kier molecular flexibility index (Phi) is 27.7. The van der Waals surface area contributed by atoms with Crippen molar-refractivity contribution in [2.75, 3.05) is 58.6 Å². The van der Waals surface area contributed by atoms with Gasteiger partial charge in [-0.15, -0.1) is 11.8 Å². The molecule has 0 unspecified atom stereocenters. The van der Waals surface area contributed by atoms with Crippen LogP contribution in [0.1, 0.15) is 0 Å². The summed E-state index contributed by atoms with van der Waals surface area (Å²) in [5.74, 6) is -0.681. The van der Waals surface area contributed by atoms with Crippen LogP contribution in [0.25, 0.3) is 0 Å². The Morgan fingerprint density at radius 2 is 0.444 bits per heavy atom. The largest absolute Gasteiger partial charge is 0.394 e. The molecule has 0 saturated carbocycles. The highest BCUT2D eigenvalue weighted by molar-refractivity contribution is 7.99. The number of aliphatic hydroxyl groups is 27. The van der Waals surface area contributed by atoms with Crippen molar-refractivity contribution in [1.29, 1.82) is 0 Å². The number of thioether (sulfide) groups is 1. The fraction of sp³-hybridized carbons (Fsp3) is 1.00. The summed E-state index contributed by atoms with van der Waals surface area (Å²) in [7, 11) is 0. The summed E-state index contributed by atoms with van der Waals surface area (Å²) in [5.41, 5.74) is -1.68. The summed E-state index contributed by atoms with van der Waals surface area (Å²) in [4.78, 5) is 0. The molecule has 0 aromatic heterocycles. The van der Waals surface area contributed by atoms with Crippen LogP contribution in [0.5, 0.6) is 0 Å². The number of rotatable bonds is 13. The van der Waals surface area contributed by atoms with Gasteiger partial charge in [0.1, 0.15) is 219 Å². The first-order chi connectivity index (χ1) is 47.1. The molecule has 23 heterocycles. The second kappa shape index (κ2) is 34.2. The SMILES string of the molecule is OC[C@H]1O[C@H](O[C@H]2[C@H](O)[C@@H](O)[C@H](SC[C@H]3O[C@@H]4O[C@H]5[C@H](O)[C@@H](O)[C@@H](O[C@H]6[C@H](O)[C@@H](O)[C@@H](O[C@H]7[C@H](O)[C@@H](O)[C@@H](O[C@H]8[C@H](O)[C@@H](O)[C@@H](O[C@H]9[C@H](O)[C@@H](O)[C@@H](O[C@H]%10[C@H](O)[C@@H](O)[C@@H](O[C@H]3[C@H](O)[C@H]4O)O[C@@H]%10CO)O[C@@H]9CO)O[C@@H]8CO)O[C@@H]7CO)O[C@@H]6CO)O[C@@H]5CO)O[C@@H]2CO)[C@H](O)[C@@H](O)[C@@H]1O. The zero-order chi connectivity index (χ0) is 72.1. The predicted molar refractivity (Wildman–Crippen MR) is 300 cm³/mol. The summed E-state index contributed by atoms with van der Waals surface area (Å²) in [6.45, 7) is -8.62. The Morgan fingerprint density at radius 3 is 0.697 bits per heavy atom. The minimum atomic E-state index is -2.38. The number of ether oxygens (including phenoxy) is 17. The van der Waals surface area contributed by atoms with Crippen molar-refractivity contribution in [2.45, 2.75) is 275 Å². The third kappa shape index (κ3) is 16.1. The molecule has 45 atom stereocenters. The monoisotopic (exact) mass is 1470 g/mol. The van der Waals surface area contributed by atoms with Gasteiger partial charge in [-0.25, -0.2) is 0 Å². The quantitative estimate of drug-likeness (QED) is 0.0814. The van der Waals surface area contributed by atoms with E-state index in [2.05, 4.69) is 0 Å². The molecule has 0 aliphatic carbocycles. The lowest BCUT2D eigenvalue weighted by Crippen LogP contribution is -2.68. The molecule has 0 aromatic carbocycles. The van der Waals surface area contributed by atoms with Crippen molar-refractivity contribution in [3.63, 3.8) is 0 Å². The van der Waals surface area contributed by atoms with Crippen molar-refractivity contribution in [3.05, 3.63) is 0 Å². The van der Waals surface area contributed by atoms with Gasteiger partial charge in [0.05, 0.1) is 59.0 Å². The van der Waals surface area contributed by atoms with E-state index in [4.69, 9.17) is 80.5 Å². The first-order valence-electron chi connectivity index (χ1n) is 31.6. The normalized spacial score (nSPS) is 55.1. The van der Waals surface area contributed by atoms with Crippen LogP contribution in [-0.4, -0.2) is 472 Å². The molecule has 0 amide bonds. The molecule has 0 aromatic rings. The Hall–Kier alpha value is -1.41. The van der Waals surface area contributed by atoms with E-state index in [0.29, 0.717) is 11.8 Å². The van der Waals surface area contributed by atoms with Gasteiger partial charge in [0.25, 0.3) is 0 Å². The van der Waals surface area contributed by atoms with E-state index < -0.39 is 334 Å². The molecular formula is C54H90O44S. The van der Waals surface area contributed by atoms with Gasteiger partial charge < -0.3 is 218 Å². The molecular weight excluding hydrogens is 1380 g/mol. The van der Waals surface area contributed by atoms with Crippen LogP contribution in [0.3, 0.4) is 0 Å². The van der Waals surface area contributed by atoms with Gasteiger partial charge in [0.2, 0.25) is 0 Å². The van der Waals surface area contributed by atoms with Gasteiger partial charge in [0, 0.05) is 5.75 Å². The standard InChI is InChI=1S/C54H90O44S/c55-1-10-19(63)20(64)29(73)46(82-10)97-44-17(8-62)90-54(37(81)28(44)72)99-9-18-45-27(71)36(80)53(89-18)96-43-16(7-61)87-51(34(78)25(43)69)94-41-14(5-59)85-49(32(76)23(41)67)92-39-12(3-57)83-47(30(74)21(39)65)91-38-11(2-56)84-48(31(75)22(38)66)93-40-13(4-58)86-50(33(77)24(40)68)95-42-15(6-60)88-52(98-45)35(79)26(42)70/h10-81H,1-9H2/t10-,11-,12-,13-,14-,15-,16-,17-,18-,19-,20+,21-,22-,23-,24-,25-,26-,27-,28-,29-,30-,31-,32-,33-,34-,35-,36-,37-,38-,39-,40-,41-,42-,43-,44-,45-,46-,47-,48-,49-,50-,51-,52-,53-,54+/m1/s1. The van der Waals surface area contributed by atoms with Gasteiger partial charge in [-0.3, -0.25) is 0 Å². The highest BCUT2D eigenvalue weighted by Gasteiger charge is 2.61. The summed E-state index contributed by atoms with van der Waals surface area (Å²) in [6, 6.07) is 0. The van der Waals surface area contributed by atoms with Gasteiger partial charge in [-0.1, -0.05) is 0 Å². The fourth-order valence-corrected chi connectivity index (χ4v) is 14.5. The molecule has 23 aliphatic rings. The molecule has 0 spiro atoms. The zero-order valence-corrected chi connectivity index (χ0v) is 52.6. The first kappa shape index (κ1) is 80.1. The van der Waals surface area contributed by atoms with Crippen molar-refractivity contribution in [3.8, 4) is 0 Å². The molecule has 45 heteroatoms. The maximum Gasteiger partial charge on any atom is 0.187 e. The van der Waals surface area contributed by atoms with E-state index in [1.165, 1.54) is 0 Å². The van der Waals surface area contributed by atoms with Crippen molar-refractivity contribution in [2.24, 2.45) is 0 Å². The van der Waals surface area contributed by atoms with Crippen LogP contribution in [0, 0.1) is 0 Å². The number of aliphatic hydroxyl groups excluding tert-OH is 27. The lowest BCUT2D eigenvalue weighted by Gasteiger charge is -2.50. The molecule has 23 aliphatic heterocycles. The molecule has 44 nitrogen and oxygen atoms in total. The minimum absolute atomic E-state index is 0.518. The van der Waals surface area contributed by atoms with Crippen LogP contribution < -0.4 is 0 Å². The van der Waals surface area contributed by atoms with Crippen LogP contribution in [0.2, 0.25) is 0 Å². The van der Waals surface area contributed by atoms with Crippen LogP contribution >= 0.6 is 11.8 Å². The van der Waals surface area contributed by atoms with Crippen molar-refractivity contribution in [1.82, 2.24) is 0 Å². The zero-order valence-electron chi connectivity index (χ0n) is 51.8. The van der Waals surface area contributed by atoms with E-state index in [1.54, 1.807) is 0 Å². The molecule has 23 rings (SSSR count). The van der Waals surface area contributed by atoms with Crippen molar-refractivity contribution < 1.29 is 218 Å². The van der Waals surface area contributed by atoms with E-state index >= 15 is 0 Å². The number of hydrogen-bond donors (Lipinski definition) is 27. The predicted octanol–water partition coefficient (Wildman–Crippen LogP) is -18.9. The summed E-state index contributed by atoms with van der Waals surface area (Å²) < 4.78 is 98.2. The fourth-order valence-electron chi connectivity index (χ4n) is 13.3.